The van der Waals surface area contributed by atoms with E-state index < -0.39 is 29.5 Å². The molecule has 0 unspecified atom stereocenters. The monoisotopic (exact) mass is 295 g/mol. The number of carboxylic acid groups (broad SMARTS) is 1. The van der Waals surface area contributed by atoms with Crippen molar-refractivity contribution >= 4 is 11.9 Å². The van der Waals surface area contributed by atoms with E-state index in [1.165, 1.54) is 0 Å². The van der Waals surface area contributed by atoms with Crippen LogP contribution in [-0.2, 0) is 19.1 Å². The van der Waals surface area contributed by atoms with Crippen molar-refractivity contribution in [2.45, 2.75) is 38.1 Å². The van der Waals surface area contributed by atoms with E-state index in [-0.39, 0.29) is 12.0 Å². The number of carboxylic acids is 1. The molecule has 2 fully saturated rings. The van der Waals surface area contributed by atoms with Crippen LogP contribution in [-0.4, -0.2) is 59.4 Å². The lowest BCUT2D eigenvalue weighted by molar-refractivity contribution is -0.148. The van der Waals surface area contributed by atoms with Gasteiger partial charge in [0.15, 0.2) is 0 Å². The number of aliphatic carboxylic acids is 1. The molecule has 116 valence electrons. The van der Waals surface area contributed by atoms with Crippen molar-refractivity contribution in [1.82, 2.24) is 4.90 Å². The van der Waals surface area contributed by atoms with E-state index in [2.05, 4.69) is 0 Å². The number of amides is 1. The largest absolute Gasteiger partial charge is 0.481 e. The number of likely N-dealkylation sites (tertiary alicyclic amines) is 1. The highest BCUT2D eigenvalue weighted by Gasteiger charge is 2.66. The van der Waals surface area contributed by atoms with Gasteiger partial charge in [0.25, 0.3) is 0 Å². The van der Waals surface area contributed by atoms with Crippen molar-refractivity contribution in [2.24, 2.45) is 11.8 Å². The van der Waals surface area contributed by atoms with Crippen molar-refractivity contribution in [3.8, 4) is 0 Å². The summed E-state index contributed by atoms with van der Waals surface area (Å²) in [5.74, 6) is -2.37. The lowest BCUT2D eigenvalue weighted by Gasteiger charge is -2.21. The van der Waals surface area contributed by atoms with Crippen molar-refractivity contribution in [2.75, 3.05) is 19.7 Å². The highest BCUT2D eigenvalue weighted by Crippen LogP contribution is 2.51. The standard InChI is InChI=1S/C15H21NO5/c1-9(2)20-7-3-6-16-8-15-5-4-10(21-15)11(14(18)19)12(15)13(16)17/h4-5,9-12H,3,6-8H2,1-2H3,(H,18,19)/t10-,11-,12+,15+/m0/s1. The Labute approximate surface area is 123 Å². The van der Waals surface area contributed by atoms with Crippen LogP contribution in [0.25, 0.3) is 0 Å². The minimum Gasteiger partial charge on any atom is -0.481 e. The summed E-state index contributed by atoms with van der Waals surface area (Å²) < 4.78 is 11.3. The molecular formula is C15H21NO5. The average Bonchev–Trinajstić information content (AvgIpc) is 3.03. The SMILES string of the molecule is CC(C)OCCCN1C[C@@]23C=C[C@H](O2)[C@H](C(=O)O)[C@@H]3C1=O. The average molecular weight is 295 g/mol. The Morgan fingerprint density at radius 3 is 3.05 bits per heavy atom. The lowest BCUT2D eigenvalue weighted by atomic mass is 9.77. The van der Waals surface area contributed by atoms with E-state index in [9.17, 15) is 14.7 Å². The molecule has 0 aromatic heterocycles. The van der Waals surface area contributed by atoms with Gasteiger partial charge in [0.05, 0.1) is 24.7 Å². The highest BCUT2D eigenvalue weighted by molar-refractivity contribution is 5.90. The summed E-state index contributed by atoms with van der Waals surface area (Å²) in [6.45, 7) is 5.58. The molecule has 3 aliphatic heterocycles. The van der Waals surface area contributed by atoms with E-state index in [0.717, 1.165) is 6.42 Å². The molecule has 2 saturated heterocycles. The van der Waals surface area contributed by atoms with Gasteiger partial charge >= 0.3 is 5.97 Å². The zero-order chi connectivity index (χ0) is 15.2. The summed E-state index contributed by atoms with van der Waals surface area (Å²) >= 11 is 0. The number of ether oxygens (including phenoxy) is 2. The third kappa shape index (κ3) is 2.26. The van der Waals surface area contributed by atoms with Gasteiger partial charge in [-0.15, -0.1) is 0 Å². The van der Waals surface area contributed by atoms with Gasteiger partial charge in [-0.25, -0.2) is 0 Å². The van der Waals surface area contributed by atoms with Crippen molar-refractivity contribution in [1.29, 1.82) is 0 Å². The Morgan fingerprint density at radius 2 is 2.38 bits per heavy atom. The van der Waals surface area contributed by atoms with Gasteiger partial charge in [0.1, 0.15) is 11.5 Å². The predicted octanol–water partition coefficient (Wildman–Crippen LogP) is 0.668. The zero-order valence-corrected chi connectivity index (χ0v) is 12.3. The number of hydrogen-bond acceptors (Lipinski definition) is 4. The molecule has 3 aliphatic rings. The van der Waals surface area contributed by atoms with Crippen LogP contribution in [0.3, 0.4) is 0 Å². The predicted molar refractivity (Wildman–Crippen MR) is 73.6 cm³/mol. The van der Waals surface area contributed by atoms with E-state index in [4.69, 9.17) is 9.47 Å². The minimum absolute atomic E-state index is 0.0983. The fourth-order valence-electron chi connectivity index (χ4n) is 3.62. The molecule has 6 nitrogen and oxygen atoms in total. The molecule has 4 atom stereocenters. The van der Waals surface area contributed by atoms with Crippen LogP contribution in [0.2, 0.25) is 0 Å². The number of fused-ring (bicyclic) bond motifs is 1. The molecule has 0 saturated carbocycles. The number of carbonyl (C=O) groups excluding carboxylic acids is 1. The number of carbonyl (C=O) groups is 2. The molecule has 3 rings (SSSR count). The van der Waals surface area contributed by atoms with Gasteiger partial charge in [0.2, 0.25) is 5.91 Å². The molecule has 0 aliphatic carbocycles. The highest BCUT2D eigenvalue weighted by atomic mass is 16.5. The Kier molecular flexibility index (Phi) is 3.53. The van der Waals surface area contributed by atoms with Crippen molar-refractivity contribution < 1.29 is 24.2 Å². The van der Waals surface area contributed by atoms with Gasteiger partial charge in [-0.2, -0.15) is 0 Å². The molecule has 0 aromatic rings. The Balaban J connectivity index is 1.65. The van der Waals surface area contributed by atoms with Crippen LogP contribution in [0, 0.1) is 11.8 Å². The first-order valence-corrected chi connectivity index (χ1v) is 7.45. The molecule has 2 bridgehead atoms. The van der Waals surface area contributed by atoms with Gasteiger partial charge in [-0.05, 0) is 20.3 Å². The molecule has 1 amide bonds. The minimum atomic E-state index is -0.949. The zero-order valence-electron chi connectivity index (χ0n) is 12.3. The molecule has 1 N–H and O–H groups in total. The number of nitrogens with zero attached hydrogens (tertiary/aromatic N) is 1. The summed E-state index contributed by atoms with van der Waals surface area (Å²) in [5.41, 5.74) is -0.719. The Morgan fingerprint density at radius 1 is 1.62 bits per heavy atom. The van der Waals surface area contributed by atoms with E-state index >= 15 is 0 Å². The maximum absolute atomic E-state index is 12.5. The summed E-state index contributed by atoms with van der Waals surface area (Å²) in [6.07, 6.45) is 4.13. The maximum atomic E-state index is 12.5. The maximum Gasteiger partial charge on any atom is 0.310 e. The van der Waals surface area contributed by atoms with E-state index in [0.29, 0.717) is 19.7 Å². The van der Waals surface area contributed by atoms with E-state index in [1.807, 2.05) is 19.9 Å². The van der Waals surface area contributed by atoms with Crippen LogP contribution in [0.15, 0.2) is 12.2 Å². The fourth-order valence-corrected chi connectivity index (χ4v) is 3.62. The van der Waals surface area contributed by atoms with Gasteiger partial charge in [-0.3, -0.25) is 9.59 Å². The second kappa shape index (κ2) is 5.10. The smallest absolute Gasteiger partial charge is 0.310 e. The topological polar surface area (TPSA) is 76.1 Å². The first-order chi connectivity index (χ1) is 9.94. The molecule has 1 spiro atoms. The molecule has 6 heteroatoms. The molecule has 3 heterocycles. The second-order valence-corrected chi connectivity index (χ2v) is 6.27. The number of hydrogen-bond donors (Lipinski definition) is 1. The normalized spacial score (nSPS) is 36.8. The van der Waals surface area contributed by atoms with Crippen molar-refractivity contribution in [3.63, 3.8) is 0 Å². The summed E-state index contributed by atoms with van der Waals surface area (Å²) in [4.78, 5) is 25.7. The van der Waals surface area contributed by atoms with Crippen LogP contribution in [0.5, 0.6) is 0 Å². The van der Waals surface area contributed by atoms with Gasteiger partial charge < -0.3 is 19.5 Å². The van der Waals surface area contributed by atoms with Crippen LogP contribution < -0.4 is 0 Å². The molecule has 0 aromatic carbocycles. The summed E-state index contributed by atoms with van der Waals surface area (Å²) in [5, 5.41) is 9.35. The molecule has 21 heavy (non-hydrogen) atoms. The van der Waals surface area contributed by atoms with Gasteiger partial charge in [0, 0.05) is 13.2 Å². The van der Waals surface area contributed by atoms with Gasteiger partial charge in [-0.1, -0.05) is 12.2 Å². The Hall–Kier alpha value is -1.40. The van der Waals surface area contributed by atoms with Crippen LogP contribution in [0.4, 0.5) is 0 Å². The molecular weight excluding hydrogens is 274 g/mol. The van der Waals surface area contributed by atoms with Crippen molar-refractivity contribution in [3.05, 3.63) is 12.2 Å². The fraction of sp³-hybridized carbons (Fsp3) is 0.733. The summed E-state index contributed by atoms with van der Waals surface area (Å²) in [7, 11) is 0. The quantitative estimate of drug-likeness (QED) is 0.576. The second-order valence-electron chi connectivity index (χ2n) is 6.27. The number of rotatable bonds is 6. The lowest BCUT2D eigenvalue weighted by Crippen LogP contribution is -2.39. The molecule has 0 radical (unpaired) electrons. The summed E-state index contributed by atoms with van der Waals surface area (Å²) in [6, 6.07) is 0. The Bertz CT molecular complexity index is 488. The third-order valence-electron chi connectivity index (χ3n) is 4.49. The van der Waals surface area contributed by atoms with Crippen LogP contribution >= 0.6 is 0 Å². The first-order valence-electron chi connectivity index (χ1n) is 7.45. The van der Waals surface area contributed by atoms with E-state index in [1.54, 1.807) is 11.0 Å². The third-order valence-corrected chi connectivity index (χ3v) is 4.49. The first kappa shape index (κ1) is 14.5. The van der Waals surface area contributed by atoms with Crippen LogP contribution in [0.1, 0.15) is 20.3 Å².